The molecule has 1 heterocycles. The van der Waals surface area contributed by atoms with E-state index in [1.165, 1.54) is 64.3 Å². The van der Waals surface area contributed by atoms with Crippen molar-refractivity contribution in [2.24, 2.45) is 0 Å². The van der Waals surface area contributed by atoms with Crippen molar-refractivity contribution in [3.05, 3.63) is 138 Å². The van der Waals surface area contributed by atoms with Crippen LogP contribution in [0.1, 0.15) is 42.9 Å². The molecule has 1 unspecified atom stereocenters. The third kappa shape index (κ3) is 3.15. The summed E-state index contributed by atoms with van der Waals surface area (Å²) in [5, 5.41) is 5.36. The Kier molecular flexibility index (Phi) is 4.66. The van der Waals surface area contributed by atoms with Gasteiger partial charge in [-0.3, -0.25) is 0 Å². The summed E-state index contributed by atoms with van der Waals surface area (Å²) in [4.78, 5) is 0. The molecule has 182 valence electrons. The Morgan fingerprint density at radius 1 is 0.711 bits per heavy atom. The Balaban J connectivity index is 1.18. The Morgan fingerprint density at radius 2 is 1.47 bits per heavy atom. The first kappa shape index (κ1) is 22.1. The zero-order chi connectivity index (χ0) is 25.4. The number of fused-ring (bicyclic) bond motifs is 6. The monoisotopic (exact) mass is 504 g/mol. The maximum Gasteiger partial charge on any atom is 0.0393 e. The fourth-order valence-corrected chi connectivity index (χ4v) is 8.12. The van der Waals surface area contributed by atoms with Crippen LogP contribution in [0.3, 0.4) is 0 Å². The summed E-state index contributed by atoms with van der Waals surface area (Å²) < 4.78 is 2.82. The molecule has 2 aliphatic rings. The van der Waals surface area contributed by atoms with Gasteiger partial charge >= 0.3 is 0 Å². The molecular formula is C37H28S. The molecule has 0 radical (unpaired) electrons. The zero-order valence-corrected chi connectivity index (χ0v) is 22.5. The molecule has 1 atom stereocenters. The average Bonchev–Trinajstić information content (AvgIpc) is 3.45. The minimum Gasteiger partial charge on any atom is -0.135 e. The second-order valence-electron chi connectivity index (χ2n) is 11.3. The summed E-state index contributed by atoms with van der Waals surface area (Å²) in [5.74, 6) is 0.402. The summed E-state index contributed by atoms with van der Waals surface area (Å²) in [6.45, 7) is 4.85. The lowest BCUT2D eigenvalue weighted by molar-refractivity contribution is 0.592. The lowest BCUT2D eigenvalue weighted by Gasteiger charge is -2.29. The quantitative estimate of drug-likeness (QED) is 0.220. The van der Waals surface area contributed by atoms with Crippen LogP contribution >= 0.6 is 11.3 Å². The molecule has 0 nitrogen and oxygen atoms in total. The minimum atomic E-state index is 0.00853. The number of hydrogen-bond donors (Lipinski definition) is 0. The van der Waals surface area contributed by atoms with Crippen LogP contribution in [0.25, 0.3) is 47.6 Å². The Morgan fingerprint density at radius 3 is 2.39 bits per heavy atom. The molecule has 1 heteroatoms. The van der Waals surface area contributed by atoms with Crippen LogP contribution < -0.4 is 0 Å². The highest BCUT2D eigenvalue weighted by Gasteiger charge is 2.39. The molecular weight excluding hydrogens is 476 g/mol. The van der Waals surface area contributed by atoms with Gasteiger partial charge in [0.05, 0.1) is 0 Å². The van der Waals surface area contributed by atoms with Crippen molar-refractivity contribution < 1.29 is 0 Å². The maximum atomic E-state index is 2.46. The van der Waals surface area contributed by atoms with E-state index in [-0.39, 0.29) is 5.41 Å². The molecule has 2 aliphatic carbocycles. The highest BCUT2D eigenvalue weighted by molar-refractivity contribution is 7.26. The predicted octanol–water partition coefficient (Wildman–Crippen LogP) is 10.7. The highest BCUT2D eigenvalue weighted by atomic mass is 32.1. The van der Waals surface area contributed by atoms with Gasteiger partial charge in [-0.2, -0.15) is 0 Å². The van der Waals surface area contributed by atoms with Crippen molar-refractivity contribution >= 4 is 47.9 Å². The molecule has 1 aromatic heterocycles. The summed E-state index contributed by atoms with van der Waals surface area (Å²) in [7, 11) is 0. The number of benzene rings is 5. The summed E-state index contributed by atoms with van der Waals surface area (Å²) in [6, 6.07) is 38.3. The second kappa shape index (κ2) is 8.03. The summed E-state index contributed by atoms with van der Waals surface area (Å²) in [6.07, 6.45) is 5.95. The molecule has 0 fully saturated rings. The van der Waals surface area contributed by atoms with Crippen LogP contribution in [0, 0.1) is 0 Å². The van der Waals surface area contributed by atoms with Crippen molar-refractivity contribution in [1.29, 1.82) is 0 Å². The van der Waals surface area contributed by atoms with Crippen molar-refractivity contribution in [2.75, 3.05) is 0 Å². The summed E-state index contributed by atoms with van der Waals surface area (Å²) >= 11 is 1.94. The molecule has 0 saturated carbocycles. The standard InChI is InChI=1S/C37H28S/c1-37(2)33-21-26(25-15-14-23-8-3-4-9-24(23)20-25)16-18-29(33)30-19-17-27(22-34(30)37)28-11-7-12-32-31-10-5-6-13-35(31)38-36(28)32/h3-21,27H,22H2,1-2H3. The van der Waals surface area contributed by atoms with Gasteiger partial charge in [0, 0.05) is 31.5 Å². The first-order chi connectivity index (χ1) is 18.6. The highest BCUT2D eigenvalue weighted by Crippen LogP contribution is 2.54. The molecule has 8 rings (SSSR count). The molecule has 0 amide bonds. The van der Waals surface area contributed by atoms with Gasteiger partial charge in [-0.25, -0.2) is 0 Å². The molecule has 6 aromatic rings. The Bertz CT molecular complexity index is 1980. The third-order valence-corrected chi connectivity index (χ3v) is 10.1. The number of rotatable bonds is 2. The molecule has 0 saturated heterocycles. The van der Waals surface area contributed by atoms with Crippen LogP contribution in [0.5, 0.6) is 0 Å². The molecule has 0 bridgehead atoms. The predicted molar refractivity (Wildman–Crippen MR) is 165 cm³/mol. The van der Waals surface area contributed by atoms with Crippen LogP contribution in [0.2, 0.25) is 0 Å². The van der Waals surface area contributed by atoms with Crippen LogP contribution in [0.15, 0.2) is 121 Å². The van der Waals surface area contributed by atoms with E-state index >= 15 is 0 Å². The van der Waals surface area contributed by atoms with Gasteiger partial charge in [0.1, 0.15) is 0 Å². The van der Waals surface area contributed by atoms with E-state index in [1.807, 2.05) is 11.3 Å². The van der Waals surface area contributed by atoms with Gasteiger partial charge in [0.15, 0.2) is 0 Å². The van der Waals surface area contributed by atoms with E-state index in [0.29, 0.717) is 5.92 Å². The lowest BCUT2D eigenvalue weighted by atomic mass is 9.74. The van der Waals surface area contributed by atoms with Gasteiger partial charge in [0.25, 0.3) is 0 Å². The minimum absolute atomic E-state index is 0.00853. The van der Waals surface area contributed by atoms with Crippen LogP contribution in [0.4, 0.5) is 0 Å². The topological polar surface area (TPSA) is 0 Å². The van der Waals surface area contributed by atoms with Crippen molar-refractivity contribution in [3.63, 3.8) is 0 Å². The lowest BCUT2D eigenvalue weighted by Crippen LogP contribution is -2.19. The molecule has 5 aromatic carbocycles. The van der Waals surface area contributed by atoms with E-state index in [4.69, 9.17) is 0 Å². The van der Waals surface area contributed by atoms with E-state index in [0.717, 1.165) is 6.42 Å². The van der Waals surface area contributed by atoms with Crippen LogP contribution in [-0.4, -0.2) is 0 Å². The fraction of sp³-hybridized carbons (Fsp3) is 0.135. The molecule has 0 spiro atoms. The van der Waals surface area contributed by atoms with Crippen molar-refractivity contribution in [3.8, 4) is 11.1 Å². The SMILES string of the molecule is CC1(C)C2=C(C=CC(c3cccc4c3sc3ccccc34)C2)c2ccc(-c3ccc4ccccc4c3)cc21. The van der Waals surface area contributed by atoms with Gasteiger partial charge in [0.2, 0.25) is 0 Å². The zero-order valence-electron chi connectivity index (χ0n) is 21.7. The van der Waals surface area contributed by atoms with E-state index < -0.39 is 0 Å². The smallest absolute Gasteiger partial charge is 0.0393 e. The Hall–Kier alpha value is -3.94. The van der Waals surface area contributed by atoms with Crippen molar-refractivity contribution in [1.82, 2.24) is 0 Å². The van der Waals surface area contributed by atoms with Gasteiger partial charge < -0.3 is 0 Å². The Labute approximate surface area is 227 Å². The maximum absolute atomic E-state index is 2.46. The first-order valence-corrected chi connectivity index (χ1v) is 14.4. The van der Waals surface area contributed by atoms with Crippen molar-refractivity contribution in [2.45, 2.75) is 31.6 Å². The third-order valence-electron chi connectivity index (χ3n) is 8.90. The number of hydrogen-bond acceptors (Lipinski definition) is 1. The van der Waals surface area contributed by atoms with E-state index in [2.05, 4.69) is 129 Å². The van der Waals surface area contributed by atoms with Crippen LogP contribution in [-0.2, 0) is 5.41 Å². The molecule has 0 N–H and O–H groups in total. The first-order valence-electron chi connectivity index (χ1n) is 13.5. The van der Waals surface area contributed by atoms with E-state index in [9.17, 15) is 0 Å². The van der Waals surface area contributed by atoms with Gasteiger partial charge in [-0.15, -0.1) is 11.3 Å². The summed E-state index contributed by atoms with van der Waals surface area (Å²) in [5.41, 5.74) is 9.95. The molecule has 38 heavy (non-hydrogen) atoms. The fourth-order valence-electron chi connectivity index (χ4n) is 6.84. The number of thiophene rings is 1. The normalized spacial score (nSPS) is 17.9. The number of allylic oxidation sites excluding steroid dienone is 4. The van der Waals surface area contributed by atoms with Gasteiger partial charge in [-0.05, 0) is 68.8 Å². The molecule has 0 aliphatic heterocycles. The second-order valence-corrected chi connectivity index (χ2v) is 12.4. The average molecular weight is 505 g/mol. The largest absolute Gasteiger partial charge is 0.135 e. The van der Waals surface area contributed by atoms with Gasteiger partial charge in [-0.1, -0.05) is 117 Å². The van der Waals surface area contributed by atoms with E-state index in [1.54, 1.807) is 5.57 Å².